The number of benzene rings is 1. The number of nitrogen functional groups attached to an aromatic ring is 1. The van der Waals surface area contributed by atoms with Crippen molar-refractivity contribution in [3.05, 3.63) is 18.2 Å². The number of carbonyl (C=O) groups excluding carboxylic acids is 1. The number of hydrogen-bond donors (Lipinski definition) is 3. The van der Waals surface area contributed by atoms with Gasteiger partial charge in [-0.05, 0) is 25.3 Å². The maximum absolute atomic E-state index is 10.6. The van der Waals surface area contributed by atoms with E-state index in [9.17, 15) is 4.79 Å². The van der Waals surface area contributed by atoms with Gasteiger partial charge in [-0.25, -0.2) is 0 Å². The lowest BCUT2D eigenvalue weighted by atomic mass is 10.2. The van der Waals surface area contributed by atoms with Crippen LogP contribution in [0.25, 0.3) is 0 Å². The minimum absolute atomic E-state index is 0.251. The van der Waals surface area contributed by atoms with E-state index in [2.05, 4.69) is 12.2 Å². The molecule has 0 heterocycles. The molecule has 1 rings (SSSR count). The van der Waals surface area contributed by atoms with Crippen LogP contribution in [-0.4, -0.2) is 19.1 Å². The molecule has 0 aliphatic rings. The van der Waals surface area contributed by atoms with Crippen LogP contribution in [0, 0.1) is 0 Å². The average molecular weight is 265 g/mol. The number of nitrogens with two attached hydrogens (primary N) is 2. The van der Waals surface area contributed by atoms with Gasteiger partial charge in [0.2, 0.25) is 5.91 Å². The van der Waals surface area contributed by atoms with Gasteiger partial charge in [0.1, 0.15) is 5.75 Å². The van der Waals surface area contributed by atoms with Crippen molar-refractivity contribution >= 4 is 17.3 Å². The van der Waals surface area contributed by atoms with Gasteiger partial charge in [0.05, 0.1) is 6.61 Å². The van der Waals surface area contributed by atoms with Crippen LogP contribution >= 0.6 is 0 Å². The largest absolute Gasteiger partial charge is 0.493 e. The standard InChI is InChI=1S/C14H23N3O2/c1-2-7-19-13-9-11(15)8-12(10-13)17-6-4-3-5-14(16)18/h8-10,17H,2-7,15H2,1H3,(H2,16,18). The zero-order valence-electron chi connectivity index (χ0n) is 11.4. The van der Waals surface area contributed by atoms with Crippen molar-refractivity contribution in [2.75, 3.05) is 24.2 Å². The third-order valence-electron chi connectivity index (χ3n) is 2.58. The zero-order valence-corrected chi connectivity index (χ0v) is 11.4. The average Bonchev–Trinajstić information content (AvgIpc) is 2.35. The second-order valence-corrected chi connectivity index (χ2v) is 4.49. The van der Waals surface area contributed by atoms with E-state index in [0.717, 1.165) is 37.2 Å². The molecule has 0 bridgehead atoms. The Bertz CT molecular complexity index is 408. The van der Waals surface area contributed by atoms with Crippen molar-refractivity contribution in [1.82, 2.24) is 0 Å². The fourth-order valence-corrected chi connectivity index (χ4v) is 1.68. The topological polar surface area (TPSA) is 90.4 Å². The molecule has 1 aromatic carbocycles. The third kappa shape index (κ3) is 6.55. The molecule has 19 heavy (non-hydrogen) atoms. The highest BCUT2D eigenvalue weighted by Gasteiger charge is 2.00. The maximum atomic E-state index is 10.6. The van der Waals surface area contributed by atoms with Crippen LogP contribution in [0.2, 0.25) is 0 Å². The molecule has 0 saturated heterocycles. The fraction of sp³-hybridized carbons (Fsp3) is 0.500. The molecular weight excluding hydrogens is 242 g/mol. The van der Waals surface area contributed by atoms with Crippen LogP contribution in [0.3, 0.4) is 0 Å². The number of primary amides is 1. The Hall–Kier alpha value is -1.91. The predicted octanol–water partition coefficient (Wildman–Crippen LogP) is 2.13. The van der Waals surface area contributed by atoms with Gasteiger partial charge >= 0.3 is 0 Å². The minimum atomic E-state index is -0.251. The second kappa shape index (κ2) is 8.24. The third-order valence-corrected chi connectivity index (χ3v) is 2.58. The molecule has 0 aliphatic heterocycles. The van der Waals surface area contributed by atoms with Crippen molar-refractivity contribution in [1.29, 1.82) is 0 Å². The fourth-order valence-electron chi connectivity index (χ4n) is 1.68. The number of amides is 1. The van der Waals surface area contributed by atoms with E-state index >= 15 is 0 Å². The Morgan fingerprint density at radius 1 is 1.32 bits per heavy atom. The predicted molar refractivity (Wildman–Crippen MR) is 78.2 cm³/mol. The summed E-state index contributed by atoms with van der Waals surface area (Å²) in [4.78, 5) is 10.6. The van der Waals surface area contributed by atoms with Gasteiger partial charge in [-0.15, -0.1) is 0 Å². The van der Waals surface area contributed by atoms with Gasteiger partial charge in [0, 0.05) is 36.5 Å². The quantitative estimate of drug-likeness (QED) is 0.471. The molecule has 0 atom stereocenters. The number of nitrogens with one attached hydrogen (secondary N) is 1. The van der Waals surface area contributed by atoms with Gasteiger partial charge in [0.15, 0.2) is 0 Å². The van der Waals surface area contributed by atoms with Crippen molar-refractivity contribution in [3.63, 3.8) is 0 Å². The first-order chi connectivity index (χ1) is 9.11. The summed E-state index contributed by atoms with van der Waals surface area (Å²) in [5, 5.41) is 3.26. The van der Waals surface area contributed by atoms with Crippen LogP contribution in [-0.2, 0) is 4.79 Å². The number of rotatable bonds is 9. The van der Waals surface area contributed by atoms with Crippen LogP contribution in [0.5, 0.6) is 5.75 Å². The summed E-state index contributed by atoms with van der Waals surface area (Å²) in [5.74, 6) is 0.528. The van der Waals surface area contributed by atoms with Gasteiger partial charge in [-0.2, -0.15) is 0 Å². The summed E-state index contributed by atoms with van der Waals surface area (Å²) in [6, 6.07) is 5.61. The molecule has 106 valence electrons. The summed E-state index contributed by atoms with van der Waals surface area (Å²) >= 11 is 0. The Labute approximate surface area is 114 Å². The highest BCUT2D eigenvalue weighted by molar-refractivity contribution is 5.73. The minimum Gasteiger partial charge on any atom is -0.493 e. The van der Waals surface area contributed by atoms with Gasteiger partial charge < -0.3 is 21.5 Å². The van der Waals surface area contributed by atoms with E-state index in [1.165, 1.54) is 0 Å². The summed E-state index contributed by atoms with van der Waals surface area (Å²) in [6.07, 6.45) is 3.08. The molecule has 0 radical (unpaired) electrons. The van der Waals surface area contributed by atoms with Crippen LogP contribution < -0.4 is 21.5 Å². The van der Waals surface area contributed by atoms with Crippen molar-refractivity contribution in [3.8, 4) is 5.75 Å². The number of unbranched alkanes of at least 4 members (excludes halogenated alkanes) is 1. The monoisotopic (exact) mass is 265 g/mol. The second-order valence-electron chi connectivity index (χ2n) is 4.49. The number of hydrogen-bond acceptors (Lipinski definition) is 4. The molecule has 5 heteroatoms. The number of ether oxygens (including phenoxy) is 1. The normalized spacial score (nSPS) is 10.2. The molecule has 0 aliphatic carbocycles. The van der Waals surface area contributed by atoms with Crippen molar-refractivity contribution in [2.24, 2.45) is 5.73 Å². The molecule has 1 amide bonds. The summed E-state index contributed by atoms with van der Waals surface area (Å²) in [6.45, 7) is 3.52. The molecule has 5 nitrogen and oxygen atoms in total. The maximum Gasteiger partial charge on any atom is 0.217 e. The van der Waals surface area contributed by atoms with Gasteiger partial charge in [-0.1, -0.05) is 6.92 Å². The summed E-state index contributed by atoms with van der Waals surface area (Å²) < 4.78 is 5.55. The van der Waals surface area contributed by atoms with E-state index in [1.807, 2.05) is 18.2 Å². The summed E-state index contributed by atoms with van der Waals surface area (Å²) in [5.41, 5.74) is 12.5. The zero-order chi connectivity index (χ0) is 14.1. The molecule has 0 spiro atoms. The van der Waals surface area contributed by atoms with Crippen molar-refractivity contribution < 1.29 is 9.53 Å². The van der Waals surface area contributed by atoms with E-state index in [1.54, 1.807) is 0 Å². The number of carbonyl (C=O) groups is 1. The lowest BCUT2D eigenvalue weighted by molar-refractivity contribution is -0.118. The van der Waals surface area contributed by atoms with E-state index < -0.39 is 0 Å². The first-order valence-electron chi connectivity index (χ1n) is 6.67. The summed E-state index contributed by atoms with van der Waals surface area (Å²) in [7, 11) is 0. The molecule has 0 fully saturated rings. The smallest absolute Gasteiger partial charge is 0.217 e. The SMILES string of the molecule is CCCOc1cc(N)cc(NCCCCC(N)=O)c1. The van der Waals surface area contributed by atoms with E-state index in [4.69, 9.17) is 16.2 Å². The molecule has 1 aromatic rings. The molecule has 0 unspecified atom stereocenters. The van der Waals surface area contributed by atoms with E-state index in [-0.39, 0.29) is 5.91 Å². The molecule has 0 saturated carbocycles. The van der Waals surface area contributed by atoms with Crippen LogP contribution in [0.15, 0.2) is 18.2 Å². The first-order valence-corrected chi connectivity index (χ1v) is 6.67. The van der Waals surface area contributed by atoms with Gasteiger partial charge in [-0.3, -0.25) is 4.79 Å². The molecule has 0 aromatic heterocycles. The highest BCUT2D eigenvalue weighted by atomic mass is 16.5. The lowest BCUT2D eigenvalue weighted by Gasteiger charge is -2.10. The lowest BCUT2D eigenvalue weighted by Crippen LogP contribution is -2.11. The first kappa shape index (κ1) is 15.1. The van der Waals surface area contributed by atoms with Crippen LogP contribution in [0.4, 0.5) is 11.4 Å². The Balaban J connectivity index is 2.40. The van der Waals surface area contributed by atoms with E-state index in [0.29, 0.717) is 18.7 Å². The highest BCUT2D eigenvalue weighted by Crippen LogP contribution is 2.22. The Morgan fingerprint density at radius 3 is 2.79 bits per heavy atom. The number of anilines is 2. The molecule has 5 N–H and O–H groups in total. The van der Waals surface area contributed by atoms with Crippen LogP contribution in [0.1, 0.15) is 32.6 Å². The molecular formula is C14H23N3O2. The van der Waals surface area contributed by atoms with Crippen molar-refractivity contribution in [2.45, 2.75) is 32.6 Å². The van der Waals surface area contributed by atoms with Gasteiger partial charge in [0.25, 0.3) is 0 Å². The Kier molecular flexibility index (Phi) is 6.57. The Morgan fingerprint density at radius 2 is 2.11 bits per heavy atom.